The molecule has 2 aromatic rings. The molecular formula is C17H20N2O3S. The topological polar surface area (TPSA) is 64.4 Å². The highest BCUT2D eigenvalue weighted by molar-refractivity contribution is 8.00. The Morgan fingerprint density at radius 3 is 2.30 bits per heavy atom. The Morgan fingerprint density at radius 1 is 1.13 bits per heavy atom. The second-order valence-corrected chi connectivity index (χ2v) is 6.97. The first kappa shape index (κ1) is 17.1. The lowest BCUT2D eigenvalue weighted by molar-refractivity contribution is -0.385. The Bertz CT molecular complexity index is 694. The van der Waals surface area contributed by atoms with Crippen LogP contribution in [-0.2, 0) is 5.41 Å². The maximum atomic E-state index is 10.9. The molecule has 0 aromatic heterocycles. The van der Waals surface area contributed by atoms with Crippen molar-refractivity contribution in [1.29, 1.82) is 0 Å². The van der Waals surface area contributed by atoms with E-state index in [9.17, 15) is 10.1 Å². The summed E-state index contributed by atoms with van der Waals surface area (Å²) in [6, 6.07) is 12.7. The predicted octanol–water partition coefficient (Wildman–Crippen LogP) is 5.02. The lowest BCUT2D eigenvalue weighted by Crippen LogP contribution is -2.10. The van der Waals surface area contributed by atoms with Gasteiger partial charge in [-0.3, -0.25) is 10.1 Å². The molecule has 0 saturated heterocycles. The smallest absolute Gasteiger partial charge is 0.270 e. The average molecular weight is 332 g/mol. The van der Waals surface area contributed by atoms with Gasteiger partial charge in [-0.25, -0.2) is 0 Å². The fourth-order valence-electron chi connectivity index (χ4n) is 2.01. The number of benzene rings is 2. The first-order valence-corrected chi connectivity index (χ1v) is 7.99. The molecule has 5 nitrogen and oxygen atoms in total. The lowest BCUT2D eigenvalue weighted by atomic mass is 9.87. The lowest BCUT2D eigenvalue weighted by Gasteiger charge is -2.19. The van der Waals surface area contributed by atoms with Gasteiger partial charge in [0, 0.05) is 17.8 Å². The summed E-state index contributed by atoms with van der Waals surface area (Å²) >= 11 is 1.29. The molecule has 0 spiro atoms. The highest BCUT2D eigenvalue weighted by Gasteiger charge is 2.14. The van der Waals surface area contributed by atoms with Crippen LogP contribution in [0, 0.1) is 10.1 Å². The zero-order valence-electron chi connectivity index (χ0n) is 13.6. The van der Waals surface area contributed by atoms with E-state index in [-0.39, 0.29) is 11.1 Å². The minimum atomic E-state index is -0.415. The molecule has 6 heteroatoms. The van der Waals surface area contributed by atoms with E-state index in [1.807, 2.05) is 12.1 Å². The van der Waals surface area contributed by atoms with Gasteiger partial charge in [0.15, 0.2) is 0 Å². The summed E-state index contributed by atoms with van der Waals surface area (Å²) in [6.45, 7) is 6.49. The van der Waals surface area contributed by atoms with Gasteiger partial charge in [0.25, 0.3) is 5.69 Å². The monoisotopic (exact) mass is 332 g/mol. The van der Waals surface area contributed by atoms with Crippen molar-refractivity contribution in [1.82, 2.24) is 0 Å². The summed E-state index contributed by atoms with van der Waals surface area (Å²) in [5.41, 5.74) is 2.32. The molecule has 0 atom stereocenters. The van der Waals surface area contributed by atoms with Crippen molar-refractivity contribution in [2.75, 3.05) is 11.8 Å². The number of nitrogens with one attached hydrogen (secondary N) is 1. The molecule has 0 radical (unpaired) electrons. The van der Waals surface area contributed by atoms with Crippen molar-refractivity contribution < 1.29 is 9.66 Å². The normalized spacial score (nSPS) is 11.1. The Kier molecular flexibility index (Phi) is 5.15. The first-order valence-electron chi connectivity index (χ1n) is 7.17. The van der Waals surface area contributed by atoms with E-state index in [2.05, 4.69) is 37.6 Å². The highest BCUT2D eigenvalue weighted by Crippen LogP contribution is 2.33. The average Bonchev–Trinajstić information content (AvgIpc) is 2.52. The van der Waals surface area contributed by atoms with Crippen LogP contribution in [0.25, 0.3) is 0 Å². The molecule has 0 aliphatic heterocycles. The van der Waals surface area contributed by atoms with Gasteiger partial charge in [-0.2, -0.15) is 0 Å². The molecule has 23 heavy (non-hydrogen) atoms. The number of hydrogen-bond acceptors (Lipinski definition) is 5. The number of non-ortho nitro benzene ring substituents is 1. The molecule has 0 bridgehead atoms. The van der Waals surface area contributed by atoms with Crippen molar-refractivity contribution in [3.05, 3.63) is 58.1 Å². The number of anilines is 1. The van der Waals surface area contributed by atoms with Gasteiger partial charge in [-0.05, 0) is 41.1 Å². The van der Waals surface area contributed by atoms with Crippen LogP contribution >= 0.6 is 11.9 Å². The minimum Gasteiger partial charge on any atom is -0.496 e. The summed E-state index contributed by atoms with van der Waals surface area (Å²) in [5, 5.41) is 10.9. The van der Waals surface area contributed by atoms with Crippen LogP contribution < -0.4 is 9.46 Å². The SMILES string of the molecule is COc1ccc([N+](=O)[O-])cc1SNc1ccc(C(C)(C)C)cc1. The van der Waals surface area contributed by atoms with E-state index in [4.69, 9.17) is 4.74 Å². The van der Waals surface area contributed by atoms with Crippen molar-refractivity contribution in [2.45, 2.75) is 31.1 Å². The Labute approximate surface area is 140 Å². The second kappa shape index (κ2) is 6.91. The van der Waals surface area contributed by atoms with Crippen LogP contribution in [0.15, 0.2) is 47.4 Å². The third-order valence-corrected chi connectivity index (χ3v) is 4.26. The molecule has 0 unspecified atom stereocenters. The van der Waals surface area contributed by atoms with Crippen LogP contribution in [0.2, 0.25) is 0 Å². The maximum absolute atomic E-state index is 10.9. The van der Waals surface area contributed by atoms with Gasteiger partial charge in [0.1, 0.15) is 5.75 Å². The number of ether oxygens (including phenoxy) is 1. The highest BCUT2D eigenvalue weighted by atomic mass is 32.2. The van der Waals surface area contributed by atoms with Gasteiger partial charge in [-0.1, -0.05) is 32.9 Å². The van der Waals surface area contributed by atoms with Crippen LogP contribution in [0.3, 0.4) is 0 Å². The molecule has 0 aliphatic carbocycles. The summed E-state index contributed by atoms with van der Waals surface area (Å²) in [4.78, 5) is 11.1. The Balaban J connectivity index is 2.14. The van der Waals surface area contributed by atoms with Gasteiger partial charge in [-0.15, -0.1) is 0 Å². The van der Waals surface area contributed by atoms with Crippen molar-refractivity contribution in [3.63, 3.8) is 0 Å². The number of rotatable bonds is 5. The summed E-state index contributed by atoms with van der Waals surface area (Å²) < 4.78 is 8.44. The number of hydrogen-bond donors (Lipinski definition) is 1. The number of methoxy groups -OCH3 is 1. The van der Waals surface area contributed by atoms with Crippen LogP contribution in [0.5, 0.6) is 5.75 Å². The van der Waals surface area contributed by atoms with E-state index in [1.165, 1.54) is 29.6 Å². The maximum Gasteiger partial charge on any atom is 0.270 e. The molecule has 0 fully saturated rings. The number of nitro benzene ring substituents is 1. The predicted molar refractivity (Wildman–Crippen MR) is 94.3 cm³/mol. The van der Waals surface area contributed by atoms with Gasteiger partial charge < -0.3 is 9.46 Å². The van der Waals surface area contributed by atoms with E-state index in [1.54, 1.807) is 13.2 Å². The second-order valence-electron chi connectivity index (χ2n) is 6.12. The van der Waals surface area contributed by atoms with E-state index >= 15 is 0 Å². The molecule has 122 valence electrons. The molecule has 0 amide bonds. The summed E-state index contributed by atoms with van der Waals surface area (Å²) in [5.74, 6) is 0.597. The molecule has 0 saturated carbocycles. The summed E-state index contributed by atoms with van der Waals surface area (Å²) in [7, 11) is 1.54. The van der Waals surface area contributed by atoms with Gasteiger partial charge in [0.2, 0.25) is 0 Å². The third kappa shape index (κ3) is 4.39. The Morgan fingerprint density at radius 2 is 1.78 bits per heavy atom. The zero-order chi connectivity index (χ0) is 17.0. The third-order valence-electron chi connectivity index (χ3n) is 3.39. The van der Waals surface area contributed by atoms with Gasteiger partial charge in [0.05, 0.1) is 16.9 Å². The van der Waals surface area contributed by atoms with Crippen molar-refractivity contribution in [2.24, 2.45) is 0 Å². The number of nitrogens with zero attached hydrogens (tertiary/aromatic N) is 1. The minimum absolute atomic E-state index is 0.0400. The zero-order valence-corrected chi connectivity index (χ0v) is 14.4. The van der Waals surface area contributed by atoms with E-state index in [0.29, 0.717) is 10.6 Å². The van der Waals surface area contributed by atoms with Crippen LogP contribution in [-0.4, -0.2) is 12.0 Å². The molecule has 0 aliphatic rings. The van der Waals surface area contributed by atoms with Crippen LogP contribution in [0.4, 0.5) is 11.4 Å². The Hall–Kier alpha value is -2.21. The van der Waals surface area contributed by atoms with Gasteiger partial charge >= 0.3 is 0 Å². The van der Waals surface area contributed by atoms with Crippen molar-refractivity contribution >= 4 is 23.3 Å². The first-order chi connectivity index (χ1) is 10.8. The standard InChI is InChI=1S/C17H20N2O3S/c1-17(2,3)12-5-7-13(8-6-12)18-23-16-11-14(19(20)21)9-10-15(16)22-4/h5-11,18H,1-4H3. The largest absolute Gasteiger partial charge is 0.496 e. The fraction of sp³-hybridized carbons (Fsp3) is 0.294. The number of nitro groups is 1. The van der Waals surface area contributed by atoms with Crippen LogP contribution in [0.1, 0.15) is 26.3 Å². The van der Waals surface area contributed by atoms with Crippen molar-refractivity contribution in [3.8, 4) is 5.75 Å². The quantitative estimate of drug-likeness (QED) is 0.473. The van der Waals surface area contributed by atoms with E-state index < -0.39 is 4.92 Å². The molecule has 0 heterocycles. The summed E-state index contributed by atoms with van der Waals surface area (Å²) in [6.07, 6.45) is 0. The molecule has 1 N–H and O–H groups in total. The molecule has 2 rings (SSSR count). The molecule has 2 aromatic carbocycles. The fourth-order valence-corrected chi connectivity index (χ4v) is 2.81. The van der Waals surface area contributed by atoms with E-state index in [0.717, 1.165) is 5.69 Å². The molecular weight excluding hydrogens is 312 g/mol.